The van der Waals surface area contributed by atoms with E-state index in [9.17, 15) is 14.7 Å². The lowest BCUT2D eigenvalue weighted by molar-refractivity contribution is -0.153. The molecule has 6 rings (SSSR count). The molecule has 1 saturated carbocycles. The monoisotopic (exact) mass is 675 g/mol. The number of amides is 3. The lowest BCUT2D eigenvalue weighted by Gasteiger charge is -2.42. The van der Waals surface area contributed by atoms with Gasteiger partial charge in [0.05, 0.1) is 30.6 Å². The summed E-state index contributed by atoms with van der Waals surface area (Å²) < 4.78 is 6.84. The number of alkyl halides is 1. The maximum Gasteiger partial charge on any atom is 0.248 e. The SMILES string of the molecule is C=CCN(C(=O)[C@H]1[C@@H]2OC3(CC2Br)C(C(=O)N(CC=C)C2CCCCC2)N([C@H](CO)c2ccccc2)C(=O)[C@H]13)c1ccccc1. The normalized spacial score (nSPS) is 29.7. The average molecular weight is 677 g/mol. The molecule has 3 unspecified atom stereocenters. The Morgan fingerprint density at radius 2 is 1.64 bits per heavy atom. The fraction of sp³-hybridized carbons (Fsp3) is 0.472. The first-order valence-corrected chi connectivity index (χ1v) is 17.0. The summed E-state index contributed by atoms with van der Waals surface area (Å²) in [5.74, 6) is -2.48. The second-order valence-corrected chi connectivity index (χ2v) is 13.8. The molecular formula is C36H42BrN3O5. The van der Waals surface area contributed by atoms with Crippen molar-refractivity contribution in [2.45, 2.75) is 73.2 Å². The van der Waals surface area contributed by atoms with Crippen molar-refractivity contribution < 1.29 is 24.2 Å². The molecule has 45 heavy (non-hydrogen) atoms. The zero-order valence-corrected chi connectivity index (χ0v) is 27.1. The second-order valence-electron chi connectivity index (χ2n) is 12.7. The van der Waals surface area contributed by atoms with Gasteiger partial charge in [-0.2, -0.15) is 0 Å². The van der Waals surface area contributed by atoms with Crippen LogP contribution in [0.1, 0.15) is 50.1 Å². The summed E-state index contributed by atoms with van der Waals surface area (Å²) in [6.07, 6.45) is 8.20. The molecular weight excluding hydrogens is 634 g/mol. The third kappa shape index (κ3) is 5.36. The van der Waals surface area contributed by atoms with Crippen LogP contribution in [-0.4, -0.2) is 80.9 Å². The molecule has 3 saturated heterocycles. The topological polar surface area (TPSA) is 90.4 Å². The van der Waals surface area contributed by atoms with Crippen LogP contribution in [0.4, 0.5) is 5.69 Å². The number of likely N-dealkylation sites (tertiary alicyclic amines) is 1. The molecule has 3 amide bonds. The number of benzene rings is 2. The Hall–Kier alpha value is -3.27. The average Bonchev–Trinajstić information content (AvgIpc) is 3.67. The fourth-order valence-electron chi connectivity index (χ4n) is 8.34. The number of hydrogen-bond acceptors (Lipinski definition) is 5. The van der Waals surface area contributed by atoms with Crippen LogP contribution in [0.3, 0.4) is 0 Å². The van der Waals surface area contributed by atoms with Gasteiger partial charge >= 0.3 is 0 Å². The maximum atomic E-state index is 15.0. The van der Waals surface area contributed by atoms with Crippen molar-refractivity contribution in [3.8, 4) is 0 Å². The summed E-state index contributed by atoms with van der Waals surface area (Å²) in [6, 6.07) is 16.9. The van der Waals surface area contributed by atoms with Crippen molar-refractivity contribution >= 4 is 39.3 Å². The summed E-state index contributed by atoms with van der Waals surface area (Å²) in [5, 5.41) is 10.8. The number of ether oxygens (including phenoxy) is 1. The number of hydrogen-bond donors (Lipinski definition) is 1. The van der Waals surface area contributed by atoms with E-state index in [4.69, 9.17) is 4.74 Å². The zero-order valence-electron chi connectivity index (χ0n) is 25.5. The van der Waals surface area contributed by atoms with Gasteiger partial charge in [0.25, 0.3) is 0 Å². The summed E-state index contributed by atoms with van der Waals surface area (Å²) >= 11 is 3.80. The van der Waals surface area contributed by atoms with Gasteiger partial charge in [0, 0.05) is 29.6 Å². The summed E-state index contributed by atoms with van der Waals surface area (Å²) in [7, 11) is 0. The van der Waals surface area contributed by atoms with Gasteiger partial charge in [-0.25, -0.2) is 0 Å². The minimum Gasteiger partial charge on any atom is -0.394 e. The van der Waals surface area contributed by atoms with Gasteiger partial charge in [-0.3, -0.25) is 14.4 Å². The van der Waals surface area contributed by atoms with Gasteiger partial charge in [-0.1, -0.05) is 95.9 Å². The molecule has 2 aromatic carbocycles. The van der Waals surface area contributed by atoms with Gasteiger partial charge in [-0.15, -0.1) is 13.2 Å². The van der Waals surface area contributed by atoms with Crippen molar-refractivity contribution in [2.24, 2.45) is 11.8 Å². The Morgan fingerprint density at radius 3 is 2.27 bits per heavy atom. The molecule has 0 radical (unpaired) electrons. The molecule has 9 heteroatoms. The molecule has 1 aliphatic carbocycles. The first-order valence-electron chi connectivity index (χ1n) is 16.1. The van der Waals surface area contributed by atoms with Crippen LogP contribution in [0, 0.1) is 11.8 Å². The van der Waals surface area contributed by atoms with Crippen LogP contribution in [0.2, 0.25) is 0 Å². The Balaban J connectivity index is 1.47. The number of carbonyl (C=O) groups is 3. The molecule has 1 N–H and O–H groups in total. The van der Waals surface area contributed by atoms with Crippen molar-refractivity contribution in [1.29, 1.82) is 0 Å². The number of halogens is 1. The Morgan fingerprint density at radius 1 is 1.00 bits per heavy atom. The van der Waals surface area contributed by atoms with Crippen LogP contribution < -0.4 is 4.90 Å². The van der Waals surface area contributed by atoms with E-state index in [2.05, 4.69) is 29.1 Å². The molecule has 238 valence electrons. The largest absolute Gasteiger partial charge is 0.394 e. The molecule has 4 aliphatic rings. The number of carbonyl (C=O) groups excluding carboxylic acids is 3. The smallest absolute Gasteiger partial charge is 0.248 e. The lowest BCUT2D eigenvalue weighted by atomic mass is 9.70. The van der Waals surface area contributed by atoms with E-state index in [1.54, 1.807) is 22.0 Å². The Labute approximate surface area is 273 Å². The summed E-state index contributed by atoms with van der Waals surface area (Å²) in [4.78, 5) is 49.3. The van der Waals surface area contributed by atoms with Crippen LogP contribution in [0.25, 0.3) is 0 Å². The highest BCUT2D eigenvalue weighted by molar-refractivity contribution is 9.09. The second kappa shape index (κ2) is 13.2. The molecule has 4 fully saturated rings. The van der Waals surface area contributed by atoms with E-state index < -0.39 is 35.6 Å². The van der Waals surface area contributed by atoms with Crippen molar-refractivity contribution in [3.05, 3.63) is 91.5 Å². The highest BCUT2D eigenvalue weighted by Gasteiger charge is 2.77. The molecule has 1 spiro atoms. The van der Waals surface area contributed by atoms with E-state index in [0.717, 1.165) is 37.7 Å². The highest BCUT2D eigenvalue weighted by atomic mass is 79.9. The van der Waals surface area contributed by atoms with E-state index in [1.807, 2.05) is 65.6 Å². The van der Waals surface area contributed by atoms with Gasteiger partial charge < -0.3 is 24.5 Å². The molecule has 2 aromatic rings. The maximum absolute atomic E-state index is 15.0. The number of aliphatic hydroxyl groups excluding tert-OH is 1. The highest BCUT2D eigenvalue weighted by Crippen LogP contribution is 2.61. The number of aliphatic hydroxyl groups is 1. The van der Waals surface area contributed by atoms with Crippen LogP contribution in [0.5, 0.6) is 0 Å². The lowest BCUT2D eigenvalue weighted by Crippen LogP contribution is -2.59. The summed E-state index contributed by atoms with van der Waals surface area (Å²) in [5.41, 5.74) is 0.188. The molecule has 3 aliphatic heterocycles. The van der Waals surface area contributed by atoms with E-state index in [1.165, 1.54) is 0 Å². The van der Waals surface area contributed by atoms with Gasteiger partial charge in [0.2, 0.25) is 17.7 Å². The van der Waals surface area contributed by atoms with Crippen LogP contribution >= 0.6 is 15.9 Å². The Bertz CT molecular complexity index is 1420. The predicted octanol–water partition coefficient (Wildman–Crippen LogP) is 5.03. The number of rotatable bonds is 11. The summed E-state index contributed by atoms with van der Waals surface area (Å²) in [6.45, 7) is 8.07. The predicted molar refractivity (Wildman–Crippen MR) is 177 cm³/mol. The van der Waals surface area contributed by atoms with Crippen molar-refractivity contribution in [3.63, 3.8) is 0 Å². The third-order valence-electron chi connectivity index (χ3n) is 10.2. The molecule has 7 atom stereocenters. The standard InChI is InChI=1S/C36H42BrN3O5/c1-3-20-38(25-16-10-6-11-17-25)33(42)29-30-34(43)40(28(23-41)24-14-8-5-9-15-24)32(36(30)22-27(37)31(29)45-36)35(44)39(21-4-2)26-18-12-7-13-19-26/h3-6,8-11,14-17,26-32,41H,1-2,7,12-13,18-23H2/t27?,28-,29-,30+,31-,32?,36?/m1/s1. The van der Waals surface area contributed by atoms with Gasteiger partial charge in [0.15, 0.2) is 0 Å². The zero-order chi connectivity index (χ0) is 31.7. The quantitative estimate of drug-likeness (QED) is 0.267. The number of nitrogens with zero attached hydrogens (tertiary/aromatic N) is 3. The third-order valence-corrected chi connectivity index (χ3v) is 11.1. The van der Waals surface area contributed by atoms with Gasteiger partial charge in [-0.05, 0) is 37.0 Å². The molecule has 0 aromatic heterocycles. The minimum absolute atomic E-state index is 0.0258. The minimum atomic E-state index is -1.24. The van der Waals surface area contributed by atoms with E-state index in [0.29, 0.717) is 18.7 Å². The van der Waals surface area contributed by atoms with Crippen LogP contribution in [0.15, 0.2) is 86.0 Å². The van der Waals surface area contributed by atoms with Crippen molar-refractivity contribution in [2.75, 3.05) is 24.6 Å². The Kier molecular flexibility index (Phi) is 9.32. The first-order chi connectivity index (χ1) is 21.9. The number of fused-ring (bicyclic) bond motifs is 1. The van der Waals surface area contributed by atoms with Crippen molar-refractivity contribution in [1.82, 2.24) is 9.80 Å². The molecule has 2 bridgehead atoms. The first kappa shape index (κ1) is 31.7. The molecule has 8 nitrogen and oxygen atoms in total. The fourth-order valence-corrected chi connectivity index (χ4v) is 9.28. The number of para-hydroxylation sites is 1. The van der Waals surface area contributed by atoms with E-state index >= 15 is 4.79 Å². The van der Waals surface area contributed by atoms with Crippen LogP contribution in [-0.2, 0) is 19.1 Å². The van der Waals surface area contributed by atoms with E-state index in [-0.39, 0.29) is 41.7 Å². The van der Waals surface area contributed by atoms with Gasteiger partial charge in [0.1, 0.15) is 11.6 Å². The number of anilines is 1. The molecule has 3 heterocycles.